The Hall–Kier alpha value is -3.82. The molecule has 1 aliphatic rings. The van der Waals surface area contributed by atoms with Crippen LogP contribution in [0.25, 0.3) is 10.9 Å². The van der Waals surface area contributed by atoms with E-state index in [0.717, 1.165) is 37.1 Å². The van der Waals surface area contributed by atoms with Gasteiger partial charge in [-0.05, 0) is 31.0 Å². The largest absolute Gasteiger partial charge is 0.493 e. The van der Waals surface area contributed by atoms with E-state index in [-0.39, 0.29) is 6.04 Å². The zero-order valence-corrected chi connectivity index (χ0v) is 18.3. The highest BCUT2D eigenvalue weighted by atomic mass is 16.5. The second-order valence-electron chi connectivity index (χ2n) is 7.46. The third-order valence-corrected chi connectivity index (χ3v) is 5.53. The summed E-state index contributed by atoms with van der Waals surface area (Å²) in [7, 11) is 4.52. The quantitative estimate of drug-likeness (QED) is 0.555. The number of esters is 1. The number of nitrogens with one attached hydrogen (secondary N) is 1. The summed E-state index contributed by atoms with van der Waals surface area (Å²) < 4.78 is 15.4. The lowest BCUT2D eigenvalue weighted by Gasteiger charge is -2.32. The molecule has 0 aliphatic carbocycles. The lowest BCUT2D eigenvalue weighted by atomic mass is 10.1. The molecule has 1 aliphatic heterocycles. The van der Waals surface area contributed by atoms with Gasteiger partial charge in [-0.2, -0.15) is 4.98 Å². The Labute approximate surface area is 185 Å². The molecular formula is C22H26N6O4. The van der Waals surface area contributed by atoms with E-state index in [2.05, 4.69) is 20.2 Å². The molecule has 3 aromatic rings. The highest BCUT2D eigenvalue weighted by Crippen LogP contribution is 2.34. The van der Waals surface area contributed by atoms with Crippen molar-refractivity contribution in [3.05, 3.63) is 36.0 Å². The van der Waals surface area contributed by atoms with Crippen LogP contribution in [-0.2, 0) is 4.74 Å². The zero-order valence-electron chi connectivity index (χ0n) is 18.3. The van der Waals surface area contributed by atoms with Crippen molar-refractivity contribution in [2.45, 2.75) is 18.9 Å². The van der Waals surface area contributed by atoms with E-state index in [4.69, 9.17) is 24.9 Å². The first kappa shape index (κ1) is 21.4. The minimum atomic E-state index is -0.400. The molecule has 1 saturated heterocycles. The lowest BCUT2D eigenvalue weighted by Crippen LogP contribution is -2.40. The molecule has 0 unspecified atom stereocenters. The molecule has 168 valence electrons. The van der Waals surface area contributed by atoms with Crippen LogP contribution in [0, 0.1) is 0 Å². The topological polar surface area (TPSA) is 125 Å². The predicted octanol–water partition coefficient (Wildman–Crippen LogP) is 2.49. The number of nitrogens with zero attached hydrogens (tertiary/aromatic N) is 4. The number of methoxy groups -OCH3 is 3. The first-order valence-corrected chi connectivity index (χ1v) is 10.3. The molecule has 3 heterocycles. The number of pyridine rings is 1. The number of nitrogens with two attached hydrogens (primary N) is 1. The Morgan fingerprint density at radius 2 is 1.81 bits per heavy atom. The second-order valence-corrected chi connectivity index (χ2v) is 7.46. The van der Waals surface area contributed by atoms with Gasteiger partial charge in [-0.15, -0.1) is 0 Å². The lowest BCUT2D eigenvalue weighted by molar-refractivity contribution is 0.0600. The highest BCUT2D eigenvalue weighted by Gasteiger charge is 2.23. The Bertz CT molecular complexity index is 1110. The first-order chi connectivity index (χ1) is 15.5. The van der Waals surface area contributed by atoms with Crippen molar-refractivity contribution in [2.24, 2.45) is 0 Å². The summed E-state index contributed by atoms with van der Waals surface area (Å²) in [6, 6.07) is 7.35. The number of nitrogen functional groups attached to an aromatic ring is 1. The molecule has 1 fully saturated rings. The number of aromatic nitrogens is 3. The summed E-state index contributed by atoms with van der Waals surface area (Å²) in [5.41, 5.74) is 7.36. The van der Waals surface area contributed by atoms with Crippen molar-refractivity contribution in [2.75, 3.05) is 50.4 Å². The molecule has 0 atom stereocenters. The Morgan fingerprint density at radius 1 is 1.09 bits per heavy atom. The predicted molar refractivity (Wildman–Crippen MR) is 121 cm³/mol. The Kier molecular flexibility index (Phi) is 6.11. The molecule has 1 aromatic carbocycles. The minimum Gasteiger partial charge on any atom is -0.493 e. The molecule has 3 N–H and O–H groups in total. The third kappa shape index (κ3) is 4.29. The first-order valence-electron chi connectivity index (χ1n) is 10.3. The van der Waals surface area contributed by atoms with Crippen molar-refractivity contribution < 1.29 is 19.0 Å². The highest BCUT2D eigenvalue weighted by molar-refractivity contribution is 5.92. The van der Waals surface area contributed by atoms with E-state index < -0.39 is 5.97 Å². The van der Waals surface area contributed by atoms with Crippen molar-refractivity contribution >= 4 is 34.5 Å². The van der Waals surface area contributed by atoms with Gasteiger partial charge < -0.3 is 30.2 Å². The number of ether oxygens (including phenoxy) is 3. The molecule has 4 rings (SSSR count). The van der Waals surface area contributed by atoms with Crippen molar-refractivity contribution in [3.8, 4) is 11.5 Å². The molecule has 0 amide bonds. The van der Waals surface area contributed by atoms with Gasteiger partial charge in [0.15, 0.2) is 11.5 Å². The summed E-state index contributed by atoms with van der Waals surface area (Å²) in [5, 5.41) is 4.15. The van der Waals surface area contributed by atoms with Gasteiger partial charge in [-0.1, -0.05) is 0 Å². The number of carbonyl (C=O) groups is 1. The fourth-order valence-electron chi connectivity index (χ4n) is 3.76. The van der Waals surface area contributed by atoms with Gasteiger partial charge in [0.05, 0.1) is 32.4 Å². The molecule has 10 heteroatoms. The standard InChI is InChI=1S/C22H26N6O4/c1-30-17-10-15-16(11-18(17)31-2)26-22(27-20(15)23)28-8-6-14(7-9-28)25-19-5-4-13(12-24-19)21(29)32-3/h4-5,10-12,14H,6-9H2,1-3H3,(H,24,25)(H2,23,26,27). The van der Waals surface area contributed by atoms with Crippen LogP contribution in [0.15, 0.2) is 30.5 Å². The van der Waals surface area contributed by atoms with Crippen LogP contribution in [0.5, 0.6) is 11.5 Å². The van der Waals surface area contributed by atoms with Crippen LogP contribution in [0.4, 0.5) is 17.6 Å². The van der Waals surface area contributed by atoms with Gasteiger partial charge in [-0.25, -0.2) is 14.8 Å². The molecular weight excluding hydrogens is 412 g/mol. The normalized spacial score (nSPS) is 14.3. The Balaban J connectivity index is 1.44. The molecule has 32 heavy (non-hydrogen) atoms. The number of hydrogen-bond donors (Lipinski definition) is 2. The van der Waals surface area contributed by atoms with E-state index in [1.165, 1.54) is 13.3 Å². The molecule has 10 nitrogen and oxygen atoms in total. The molecule has 0 bridgehead atoms. The van der Waals surface area contributed by atoms with Gasteiger partial charge in [0, 0.05) is 36.8 Å². The van der Waals surface area contributed by atoms with Crippen LogP contribution >= 0.6 is 0 Å². The van der Waals surface area contributed by atoms with Gasteiger partial charge in [-0.3, -0.25) is 0 Å². The van der Waals surface area contributed by atoms with Crippen LogP contribution < -0.4 is 25.4 Å². The number of fused-ring (bicyclic) bond motifs is 1. The number of piperidine rings is 1. The minimum absolute atomic E-state index is 0.255. The van der Waals surface area contributed by atoms with E-state index in [0.29, 0.717) is 34.3 Å². The molecule has 0 saturated carbocycles. The van der Waals surface area contributed by atoms with Crippen LogP contribution in [0.3, 0.4) is 0 Å². The number of rotatable bonds is 6. The zero-order chi connectivity index (χ0) is 22.7. The van der Waals surface area contributed by atoms with Gasteiger partial charge >= 0.3 is 5.97 Å². The van der Waals surface area contributed by atoms with Gasteiger partial charge in [0.25, 0.3) is 0 Å². The molecule has 0 radical (unpaired) electrons. The Morgan fingerprint density at radius 3 is 2.44 bits per heavy atom. The number of hydrogen-bond acceptors (Lipinski definition) is 10. The maximum absolute atomic E-state index is 11.5. The second kappa shape index (κ2) is 9.13. The molecule has 2 aromatic heterocycles. The summed E-state index contributed by atoms with van der Waals surface area (Å²) >= 11 is 0. The van der Waals surface area contributed by atoms with E-state index >= 15 is 0 Å². The summed E-state index contributed by atoms with van der Waals surface area (Å²) in [6.07, 6.45) is 3.28. The maximum atomic E-state index is 11.5. The maximum Gasteiger partial charge on any atom is 0.339 e. The number of anilines is 3. The average Bonchev–Trinajstić information content (AvgIpc) is 2.83. The monoisotopic (exact) mass is 438 g/mol. The summed E-state index contributed by atoms with van der Waals surface area (Å²) in [5.74, 6) is 2.51. The average molecular weight is 438 g/mol. The van der Waals surface area contributed by atoms with Crippen LogP contribution in [-0.4, -0.2) is 61.4 Å². The number of carbonyl (C=O) groups excluding carboxylic acids is 1. The fraction of sp³-hybridized carbons (Fsp3) is 0.364. The van der Waals surface area contributed by atoms with E-state index in [9.17, 15) is 4.79 Å². The van der Waals surface area contributed by atoms with Crippen LogP contribution in [0.1, 0.15) is 23.2 Å². The smallest absolute Gasteiger partial charge is 0.339 e. The van der Waals surface area contributed by atoms with E-state index in [1.54, 1.807) is 32.4 Å². The molecule has 0 spiro atoms. The van der Waals surface area contributed by atoms with Crippen molar-refractivity contribution in [3.63, 3.8) is 0 Å². The third-order valence-electron chi connectivity index (χ3n) is 5.53. The summed E-state index contributed by atoms with van der Waals surface area (Å²) in [4.78, 5) is 27.2. The van der Waals surface area contributed by atoms with Crippen LogP contribution in [0.2, 0.25) is 0 Å². The van der Waals surface area contributed by atoms with E-state index in [1.807, 2.05) is 6.07 Å². The SMILES string of the molecule is COC(=O)c1ccc(NC2CCN(c3nc(N)c4cc(OC)c(OC)cc4n3)CC2)nc1. The number of benzene rings is 1. The van der Waals surface area contributed by atoms with Crippen molar-refractivity contribution in [1.82, 2.24) is 15.0 Å². The summed E-state index contributed by atoms with van der Waals surface area (Å²) in [6.45, 7) is 1.55. The van der Waals surface area contributed by atoms with Crippen molar-refractivity contribution in [1.29, 1.82) is 0 Å². The van der Waals surface area contributed by atoms with Gasteiger partial charge in [0.2, 0.25) is 5.95 Å². The fourth-order valence-corrected chi connectivity index (χ4v) is 3.76. The van der Waals surface area contributed by atoms with Gasteiger partial charge in [0.1, 0.15) is 11.6 Å².